The van der Waals surface area contributed by atoms with Gasteiger partial charge < -0.3 is 20.1 Å². The van der Waals surface area contributed by atoms with E-state index in [1.807, 2.05) is 6.07 Å². The maximum Gasteiger partial charge on any atom is 0.353 e. The van der Waals surface area contributed by atoms with Crippen molar-refractivity contribution in [3.05, 3.63) is 72.1 Å². The molecule has 0 saturated carbocycles. The van der Waals surface area contributed by atoms with Gasteiger partial charge in [0.2, 0.25) is 5.91 Å². The molecule has 2 aromatic carbocycles. The van der Waals surface area contributed by atoms with Gasteiger partial charge in [-0.25, -0.2) is 4.79 Å². The topological polar surface area (TPSA) is 114 Å². The fraction of sp³-hybridized carbons (Fsp3) is 0.167. The molecule has 1 aliphatic heterocycles. The molecule has 0 fully saturated rings. The summed E-state index contributed by atoms with van der Waals surface area (Å²) >= 11 is 0. The Morgan fingerprint density at radius 3 is 2.36 bits per heavy atom. The van der Waals surface area contributed by atoms with Crippen LogP contribution < -0.4 is 15.4 Å². The van der Waals surface area contributed by atoms with Crippen molar-refractivity contribution in [1.29, 1.82) is 0 Å². The van der Waals surface area contributed by atoms with E-state index >= 15 is 0 Å². The van der Waals surface area contributed by atoms with Crippen molar-refractivity contribution in [3.8, 4) is 16.9 Å². The summed E-state index contributed by atoms with van der Waals surface area (Å²) in [6, 6.07) is 10.5. The van der Waals surface area contributed by atoms with Crippen molar-refractivity contribution >= 4 is 29.4 Å². The number of amides is 3. The Balaban J connectivity index is 1.92. The van der Waals surface area contributed by atoms with Gasteiger partial charge in [0.1, 0.15) is 17.1 Å². The number of methoxy groups -OCH3 is 2. The van der Waals surface area contributed by atoms with E-state index in [-0.39, 0.29) is 23.8 Å². The maximum atomic E-state index is 13.0. The summed E-state index contributed by atoms with van der Waals surface area (Å²) in [5.74, 6) is -1.65. The predicted molar refractivity (Wildman–Crippen MR) is 121 cm³/mol. The number of anilines is 1. The number of fused-ring (bicyclic) bond motifs is 1. The van der Waals surface area contributed by atoms with Gasteiger partial charge in [0.05, 0.1) is 20.8 Å². The zero-order valence-corrected chi connectivity index (χ0v) is 18.5. The third-order valence-electron chi connectivity index (χ3n) is 5.06. The second-order valence-corrected chi connectivity index (χ2v) is 7.19. The number of hydrogen-bond acceptors (Lipinski definition) is 6. The fourth-order valence-corrected chi connectivity index (χ4v) is 3.50. The van der Waals surface area contributed by atoms with Crippen LogP contribution in [0.4, 0.5) is 5.69 Å². The Hall–Kier alpha value is -4.40. The largest absolute Gasteiger partial charge is 0.496 e. The van der Waals surface area contributed by atoms with Crippen LogP contribution in [0, 0.1) is 0 Å². The summed E-state index contributed by atoms with van der Waals surface area (Å²) in [5.41, 5.74) is 2.73. The number of ether oxygens (including phenoxy) is 2. The van der Waals surface area contributed by atoms with Crippen LogP contribution in [0.1, 0.15) is 22.8 Å². The van der Waals surface area contributed by atoms with E-state index in [1.54, 1.807) is 30.3 Å². The minimum Gasteiger partial charge on any atom is -0.496 e. The van der Waals surface area contributed by atoms with Crippen molar-refractivity contribution in [3.63, 3.8) is 0 Å². The van der Waals surface area contributed by atoms with Gasteiger partial charge in [-0.15, -0.1) is 0 Å². The molecule has 9 heteroatoms. The molecule has 1 heterocycles. The Labute approximate surface area is 190 Å². The number of nitrogens with zero attached hydrogens (tertiary/aromatic N) is 1. The lowest BCUT2D eigenvalue weighted by Gasteiger charge is -2.18. The number of carbonyl (C=O) groups is 4. The van der Waals surface area contributed by atoms with E-state index in [1.165, 1.54) is 18.9 Å². The molecule has 0 bridgehead atoms. The van der Waals surface area contributed by atoms with E-state index in [9.17, 15) is 19.2 Å². The summed E-state index contributed by atoms with van der Waals surface area (Å²) in [6.07, 6.45) is 0. The normalized spacial score (nSPS) is 12.0. The SMILES string of the molecule is C=C(NC(=O)C(=C)N1Cc2c(cccc2-c2ccc(NC(C)=O)cc2OC)C1=O)C(=O)OC. The summed E-state index contributed by atoms with van der Waals surface area (Å²) in [4.78, 5) is 49.6. The average Bonchev–Trinajstić information content (AvgIpc) is 3.14. The van der Waals surface area contributed by atoms with E-state index in [0.29, 0.717) is 28.1 Å². The smallest absolute Gasteiger partial charge is 0.353 e. The first-order chi connectivity index (χ1) is 15.7. The first-order valence-corrected chi connectivity index (χ1v) is 9.85. The van der Waals surface area contributed by atoms with Crippen molar-refractivity contribution in [2.24, 2.45) is 0 Å². The molecule has 0 aromatic heterocycles. The van der Waals surface area contributed by atoms with Crippen LogP contribution in [0.5, 0.6) is 5.75 Å². The van der Waals surface area contributed by atoms with Crippen LogP contribution in [-0.4, -0.2) is 42.8 Å². The van der Waals surface area contributed by atoms with E-state index in [0.717, 1.165) is 12.7 Å². The van der Waals surface area contributed by atoms with Gasteiger partial charge in [0.25, 0.3) is 11.8 Å². The minimum atomic E-state index is -0.802. The quantitative estimate of drug-likeness (QED) is 0.496. The summed E-state index contributed by atoms with van der Waals surface area (Å²) < 4.78 is 10.0. The van der Waals surface area contributed by atoms with Crippen LogP contribution in [0.2, 0.25) is 0 Å². The highest BCUT2D eigenvalue weighted by Crippen LogP contribution is 2.39. The molecular weight excluding hydrogens is 426 g/mol. The molecule has 0 aliphatic carbocycles. The number of nitrogens with one attached hydrogen (secondary N) is 2. The predicted octanol–water partition coefficient (Wildman–Crippen LogP) is 2.59. The first kappa shape index (κ1) is 23.3. The second kappa shape index (κ2) is 9.39. The fourth-order valence-electron chi connectivity index (χ4n) is 3.50. The zero-order chi connectivity index (χ0) is 24.3. The Morgan fingerprint density at radius 2 is 1.73 bits per heavy atom. The van der Waals surface area contributed by atoms with Crippen molar-refractivity contribution in [2.75, 3.05) is 19.5 Å². The van der Waals surface area contributed by atoms with Gasteiger partial charge in [-0.3, -0.25) is 19.3 Å². The number of rotatable bonds is 7. The standard InChI is InChI=1S/C24H23N3O6/c1-13(24(31)33-5)25-22(29)14(2)27-12-20-17(7-6-8-19(20)23(27)30)18-10-9-16(26-15(3)28)11-21(18)32-4/h6-11H,1-2,12H2,3-5H3,(H,25,29)(H,26,28). The first-order valence-electron chi connectivity index (χ1n) is 9.85. The van der Waals surface area contributed by atoms with Crippen molar-refractivity contribution in [1.82, 2.24) is 10.2 Å². The van der Waals surface area contributed by atoms with Crippen molar-refractivity contribution in [2.45, 2.75) is 13.5 Å². The van der Waals surface area contributed by atoms with Gasteiger partial charge >= 0.3 is 5.97 Å². The average molecular weight is 449 g/mol. The van der Waals surface area contributed by atoms with E-state index < -0.39 is 17.8 Å². The van der Waals surface area contributed by atoms with E-state index in [4.69, 9.17) is 4.74 Å². The molecule has 0 spiro atoms. The highest BCUT2D eigenvalue weighted by atomic mass is 16.5. The molecule has 2 N–H and O–H groups in total. The van der Waals surface area contributed by atoms with Gasteiger partial charge in [-0.1, -0.05) is 25.3 Å². The molecule has 9 nitrogen and oxygen atoms in total. The third-order valence-corrected chi connectivity index (χ3v) is 5.06. The molecule has 3 amide bonds. The van der Waals surface area contributed by atoms with Crippen LogP contribution in [0.15, 0.2) is 61.0 Å². The summed E-state index contributed by atoms with van der Waals surface area (Å²) in [6.45, 7) is 8.66. The zero-order valence-electron chi connectivity index (χ0n) is 18.5. The van der Waals surface area contributed by atoms with Crippen molar-refractivity contribution < 1.29 is 28.7 Å². The molecule has 0 atom stereocenters. The Bertz CT molecular complexity index is 1200. The molecule has 2 aromatic rings. The molecule has 0 radical (unpaired) electrons. The number of esters is 1. The van der Waals surface area contributed by atoms with Gasteiger partial charge in [0, 0.05) is 29.8 Å². The van der Waals surface area contributed by atoms with Crippen LogP contribution in [-0.2, 0) is 25.7 Å². The van der Waals surface area contributed by atoms with E-state index in [2.05, 4.69) is 28.5 Å². The monoisotopic (exact) mass is 449 g/mol. The highest BCUT2D eigenvalue weighted by Gasteiger charge is 2.34. The Morgan fingerprint density at radius 1 is 1.03 bits per heavy atom. The van der Waals surface area contributed by atoms with Crippen LogP contribution >= 0.6 is 0 Å². The summed E-state index contributed by atoms with van der Waals surface area (Å²) in [5, 5.41) is 4.99. The Kier molecular flexibility index (Phi) is 6.62. The van der Waals surface area contributed by atoms with Gasteiger partial charge in [0.15, 0.2) is 0 Å². The highest BCUT2D eigenvalue weighted by molar-refractivity contribution is 6.08. The molecule has 1 aliphatic rings. The molecule has 0 saturated heterocycles. The van der Waals surface area contributed by atoms with Crippen LogP contribution in [0.25, 0.3) is 11.1 Å². The third kappa shape index (κ3) is 4.62. The second-order valence-electron chi connectivity index (χ2n) is 7.19. The minimum absolute atomic E-state index is 0.0951. The van der Waals surface area contributed by atoms with Gasteiger partial charge in [-0.05, 0) is 29.3 Å². The number of carbonyl (C=O) groups excluding carboxylic acids is 4. The van der Waals surface area contributed by atoms with Crippen LogP contribution in [0.3, 0.4) is 0 Å². The lowest BCUT2D eigenvalue weighted by atomic mass is 9.96. The summed E-state index contributed by atoms with van der Waals surface area (Å²) in [7, 11) is 2.67. The maximum absolute atomic E-state index is 13.0. The molecular formula is C24H23N3O6. The lowest BCUT2D eigenvalue weighted by molar-refractivity contribution is -0.137. The molecule has 3 rings (SSSR count). The number of benzene rings is 2. The lowest BCUT2D eigenvalue weighted by Crippen LogP contribution is -2.36. The number of hydrogen-bond donors (Lipinski definition) is 2. The molecule has 170 valence electrons. The molecule has 33 heavy (non-hydrogen) atoms. The van der Waals surface area contributed by atoms with Gasteiger partial charge in [-0.2, -0.15) is 0 Å². The molecule has 0 unspecified atom stereocenters.